The maximum Gasteiger partial charge on any atom is 0.255 e. The Balaban J connectivity index is 3.00. The smallest absolute Gasteiger partial charge is 0.255 e. The lowest BCUT2D eigenvalue weighted by Crippen LogP contribution is -2.24. The monoisotopic (exact) mass is 288 g/mol. The van der Waals surface area contributed by atoms with Crippen LogP contribution < -0.4 is 4.90 Å². The Hall–Kier alpha value is -1.15. The molecule has 2 nitrogen and oxygen atoms in total. The van der Waals surface area contributed by atoms with Crippen molar-refractivity contribution in [1.29, 1.82) is 5.26 Å². The zero-order valence-electron chi connectivity index (χ0n) is 8.75. The van der Waals surface area contributed by atoms with Gasteiger partial charge in [-0.3, -0.25) is 0 Å². The molecule has 0 saturated heterocycles. The molecule has 0 aliphatic heterocycles. The van der Waals surface area contributed by atoms with Crippen molar-refractivity contribution in [2.75, 3.05) is 18.5 Å². The highest BCUT2D eigenvalue weighted by Gasteiger charge is 2.12. The summed E-state index contributed by atoms with van der Waals surface area (Å²) in [4.78, 5) is 1.39. The summed E-state index contributed by atoms with van der Waals surface area (Å²) in [6.45, 7) is -0.373. The number of nitrogens with zero attached hydrogens (tertiary/aromatic N) is 2. The van der Waals surface area contributed by atoms with E-state index >= 15 is 0 Å². The van der Waals surface area contributed by atoms with Crippen LogP contribution in [0, 0.1) is 11.3 Å². The molecule has 5 heteroatoms. The average Bonchev–Trinajstić information content (AvgIpc) is 2.27. The quantitative estimate of drug-likeness (QED) is 0.796. The molecule has 0 aliphatic rings. The predicted octanol–water partition coefficient (Wildman–Crippen LogP) is 3.15. The summed E-state index contributed by atoms with van der Waals surface area (Å²) in [6.07, 6.45) is -2.41. The molecule has 0 bridgehead atoms. The highest BCUT2D eigenvalue weighted by Crippen LogP contribution is 2.22. The van der Waals surface area contributed by atoms with E-state index in [1.807, 2.05) is 12.1 Å². The van der Waals surface area contributed by atoms with Gasteiger partial charge in [0.1, 0.15) is 6.07 Å². The molecule has 1 rings (SSSR count). The number of hydrogen-bond acceptors (Lipinski definition) is 2. The number of benzene rings is 1. The minimum Gasteiger partial charge on any atom is -0.368 e. The molecule has 0 N–H and O–H groups in total. The SMILES string of the molecule is CN(CC(F)F)c1ccc(CBr)cc1C#N. The number of rotatable bonds is 4. The van der Waals surface area contributed by atoms with Crippen LogP contribution in [0.5, 0.6) is 0 Å². The standard InChI is InChI=1S/C11H11BrF2N2/c1-16(7-11(13)14)10-3-2-8(5-12)4-9(10)6-15/h2-4,11H,5,7H2,1H3. The molecule has 86 valence electrons. The van der Waals surface area contributed by atoms with Crippen LogP contribution >= 0.6 is 15.9 Å². The number of halogens is 3. The minimum atomic E-state index is -2.41. The second-order valence-electron chi connectivity index (χ2n) is 3.37. The third-order valence-corrected chi connectivity index (χ3v) is 2.81. The molecule has 1 aromatic rings. The fraction of sp³-hybridized carbons (Fsp3) is 0.364. The van der Waals surface area contributed by atoms with E-state index in [-0.39, 0.29) is 6.54 Å². The number of alkyl halides is 3. The highest BCUT2D eigenvalue weighted by molar-refractivity contribution is 9.08. The van der Waals surface area contributed by atoms with Gasteiger partial charge in [-0.25, -0.2) is 8.78 Å². The molecule has 0 saturated carbocycles. The van der Waals surface area contributed by atoms with E-state index in [9.17, 15) is 8.78 Å². The summed E-state index contributed by atoms with van der Waals surface area (Å²) in [7, 11) is 1.55. The van der Waals surface area contributed by atoms with Crippen LogP contribution in [0.2, 0.25) is 0 Å². The van der Waals surface area contributed by atoms with Crippen molar-refractivity contribution >= 4 is 21.6 Å². The Morgan fingerprint density at radius 1 is 1.50 bits per heavy atom. The van der Waals surface area contributed by atoms with E-state index in [4.69, 9.17) is 5.26 Å². The average molecular weight is 289 g/mol. The topological polar surface area (TPSA) is 27.0 Å². The maximum atomic E-state index is 12.2. The zero-order chi connectivity index (χ0) is 12.1. The van der Waals surface area contributed by atoms with E-state index in [2.05, 4.69) is 15.9 Å². The van der Waals surface area contributed by atoms with Crippen molar-refractivity contribution < 1.29 is 8.78 Å². The molecule has 0 amide bonds. The van der Waals surface area contributed by atoms with Crippen LogP contribution in [0.3, 0.4) is 0 Å². The lowest BCUT2D eigenvalue weighted by Gasteiger charge is -2.20. The van der Waals surface area contributed by atoms with Crippen molar-refractivity contribution in [3.8, 4) is 6.07 Å². The molecule has 0 fully saturated rings. The number of anilines is 1. The normalized spacial score (nSPS) is 10.2. The van der Waals surface area contributed by atoms with Crippen LogP contribution in [-0.4, -0.2) is 20.0 Å². The van der Waals surface area contributed by atoms with Crippen molar-refractivity contribution in [3.63, 3.8) is 0 Å². The van der Waals surface area contributed by atoms with Crippen LogP contribution in [-0.2, 0) is 5.33 Å². The summed E-state index contributed by atoms with van der Waals surface area (Å²) in [6, 6.07) is 7.22. The van der Waals surface area contributed by atoms with Gasteiger partial charge in [0.15, 0.2) is 0 Å². The molecule has 0 aliphatic carbocycles. The van der Waals surface area contributed by atoms with Crippen LogP contribution in [0.4, 0.5) is 14.5 Å². The van der Waals surface area contributed by atoms with Crippen LogP contribution in [0.15, 0.2) is 18.2 Å². The first-order valence-corrected chi connectivity index (χ1v) is 5.79. The van der Waals surface area contributed by atoms with Gasteiger partial charge in [-0.15, -0.1) is 0 Å². The third-order valence-electron chi connectivity index (χ3n) is 2.16. The maximum absolute atomic E-state index is 12.2. The Labute approximate surface area is 102 Å². The molecule has 0 spiro atoms. The third kappa shape index (κ3) is 3.17. The number of hydrogen-bond donors (Lipinski definition) is 0. The van der Waals surface area contributed by atoms with Gasteiger partial charge in [0.2, 0.25) is 0 Å². The summed E-state index contributed by atoms with van der Waals surface area (Å²) in [5.74, 6) is 0. The van der Waals surface area contributed by atoms with Gasteiger partial charge < -0.3 is 4.90 Å². The molecule has 0 aromatic heterocycles. The van der Waals surface area contributed by atoms with Crippen LogP contribution in [0.1, 0.15) is 11.1 Å². The summed E-state index contributed by atoms with van der Waals surface area (Å²) in [5, 5.41) is 9.58. The van der Waals surface area contributed by atoms with E-state index in [1.54, 1.807) is 19.2 Å². The van der Waals surface area contributed by atoms with E-state index in [0.29, 0.717) is 16.6 Å². The first-order chi connectivity index (χ1) is 7.58. The van der Waals surface area contributed by atoms with Crippen molar-refractivity contribution in [3.05, 3.63) is 29.3 Å². The number of nitriles is 1. The minimum absolute atomic E-state index is 0.373. The van der Waals surface area contributed by atoms with Gasteiger partial charge in [-0.05, 0) is 17.7 Å². The fourth-order valence-corrected chi connectivity index (χ4v) is 1.74. The summed E-state index contributed by atoms with van der Waals surface area (Å²) < 4.78 is 24.4. The van der Waals surface area contributed by atoms with Gasteiger partial charge in [0.05, 0.1) is 17.8 Å². The van der Waals surface area contributed by atoms with Gasteiger partial charge in [0, 0.05) is 12.4 Å². The first-order valence-electron chi connectivity index (χ1n) is 4.66. The molecule has 0 heterocycles. The van der Waals surface area contributed by atoms with Crippen molar-refractivity contribution in [1.82, 2.24) is 0 Å². The Morgan fingerprint density at radius 3 is 2.69 bits per heavy atom. The van der Waals surface area contributed by atoms with Crippen molar-refractivity contribution in [2.24, 2.45) is 0 Å². The molecular weight excluding hydrogens is 278 g/mol. The molecule has 16 heavy (non-hydrogen) atoms. The zero-order valence-corrected chi connectivity index (χ0v) is 10.3. The molecule has 0 radical (unpaired) electrons. The molecular formula is C11H11BrF2N2. The highest BCUT2D eigenvalue weighted by atomic mass is 79.9. The van der Waals surface area contributed by atoms with E-state index < -0.39 is 6.43 Å². The molecule has 0 atom stereocenters. The second-order valence-corrected chi connectivity index (χ2v) is 3.93. The molecule has 1 aromatic carbocycles. The van der Waals surface area contributed by atoms with Gasteiger partial charge in [-0.2, -0.15) is 5.26 Å². The van der Waals surface area contributed by atoms with Gasteiger partial charge >= 0.3 is 0 Å². The lowest BCUT2D eigenvalue weighted by molar-refractivity contribution is 0.156. The predicted molar refractivity (Wildman–Crippen MR) is 63.1 cm³/mol. The van der Waals surface area contributed by atoms with E-state index in [0.717, 1.165) is 5.56 Å². The van der Waals surface area contributed by atoms with Gasteiger partial charge in [0.25, 0.3) is 6.43 Å². The Bertz CT molecular complexity index is 401. The Morgan fingerprint density at radius 2 is 2.19 bits per heavy atom. The first kappa shape index (κ1) is 12.9. The summed E-state index contributed by atoms with van der Waals surface area (Å²) in [5.41, 5.74) is 1.90. The largest absolute Gasteiger partial charge is 0.368 e. The fourth-order valence-electron chi connectivity index (χ4n) is 1.39. The van der Waals surface area contributed by atoms with Crippen LogP contribution in [0.25, 0.3) is 0 Å². The summed E-state index contributed by atoms with van der Waals surface area (Å²) >= 11 is 3.28. The lowest BCUT2D eigenvalue weighted by atomic mass is 10.1. The van der Waals surface area contributed by atoms with Crippen molar-refractivity contribution in [2.45, 2.75) is 11.8 Å². The molecule has 0 unspecified atom stereocenters. The van der Waals surface area contributed by atoms with Gasteiger partial charge in [-0.1, -0.05) is 22.0 Å². The Kier molecular flexibility index (Phi) is 4.69. The van der Waals surface area contributed by atoms with E-state index in [1.165, 1.54) is 4.90 Å². The second kappa shape index (κ2) is 5.80.